The number of fused-ring (bicyclic) bond motifs is 6. The van der Waals surface area contributed by atoms with Crippen molar-refractivity contribution in [2.24, 2.45) is 17.8 Å². The first-order valence-corrected chi connectivity index (χ1v) is 12.9. The van der Waals surface area contributed by atoms with Crippen LogP contribution in [-0.4, -0.2) is 46.8 Å². The van der Waals surface area contributed by atoms with Crippen LogP contribution in [-0.2, 0) is 4.57 Å². The molecular formula is C21H39O7P. The minimum atomic E-state index is -4.64. The van der Waals surface area contributed by atoms with Crippen molar-refractivity contribution in [1.29, 1.82) is 0 Å². The molecule has 6 saturated carbocycles. The maximum atomic E-state index is 9.54. The van der Waals surface area contributed by atoms with Gasteiger partial charge < -0.3 is 30.0 Å². The normalized spacial score (nSPS) is 45.8. The molecule has 6 rings (SSSR count). The molecule has 170 valence electrons. The lowest BCUT2D eigenvalue weighted by atomic mass is 9.98. The van der Waals surface area contributed by atoms with Crippen LogP contribution in [0, 0.1) is 17.8 Å². The van der Waals surface area contributed by atoms with Gasteiger partial charge in [0.1, 0.15) is 0 Å². The van der Waals surface area contributed by atoms with Gasteiger partial charge in [-0.25, -0.2) is 4.57 Å². The summed E-state index contributed by atoms with van der Waals surface area (Å²) in [5.74, 6) is 2.67. The van der Waals surface area contributed by atoms with Crippen LogP contribution in [0.2, 0.25) is 0 Å². The lowest BCUT2D eigenvalue weighted by molar-refractivity contribution is 0.0516. The molecule has 6 aliphatic rings. The second kappa shape index (κ2) is 8.85. The minimum Gasteiger partial charge on any atom is -0.390 e. The monoisotopic (exact) mass is 434 g/mol. The summed E-state index contributed by atoms with van der Waals surface area (Å²) in [5.41, 5.74) is -0.569. The average Bonchev–Trinajstić information content (AvgIpc) is 3.41. The van der Waals surface area contributed by atoms with E-state index in [4.69, 9.17) is 19.2 Å². The zero-order valence-electron chi connectivity index (χ0n) is 17.4. The highest BCUT2D eigenvalue weighted by Gasteiger charge is 2.44. The van der Waals surface area contributed by atoms with Crippen molar-refractivity contribution >= 4 is 7.82 Å². The quantitative estimate of drug-likeness (QED) is 0.322. The Morgan fingerprint density at radius 3 is 0.724 bits per heavy atom. The van der Waals surface area contributed by atoms with E-state index >= 15 is 0 Å². The molecule has 0 radical (unpaired) electrons. The van der Waals surface area contributed by atoms with E-state index in [-0.39, 0.29) is 16.8 Å². The Labute approximate surface area is 173 Å². The topological polar surface area (TPSA) is 138 Å². The number of phosphoric acid groups is 1. The Balaban J connectivity index is 0.000000113. The van der Waals surface area contributed by atoms with Crippen LogP contribution in [0.15, 0.2) is 0 Å². The molecule has 6 aliphatic carbocycles. The van der Waals surface area contributed by atoms with E-state index in [1.165, 1.54) is 38.5 Å². The largest absolute Gasteiger partial charge is 0.466 e. The molecule has 0 atom stereocenters. The summed E-state index contributed by atoms with van der Waals surface area (Å²) in [5, 5.41) is 28.6. The van der Waals surface area contributed by atoms with Gasteiger partial charge in [-0.15, -0.1) is 0 Å². The summed E-state index contributed by atoms with van der Waals surface area (Å²) in [6.07, 6.45) is 17.5. The van der Waals surface area contributed by atoms with E-state index in [1.807, 2.05) is 0 Å². The summed E-state index contributed by atoms with van der Waals surface area (Å²) in [6, 6.07) is 0. The Morgan fingerprint density at radius 1 is 0.517 bits per heavy atom. The third kappa shape index (κ3) is 7.27. The maximum absolute atomic E-state index is 9.54. The molecule has 0 heterocycles. The standard InChI is InChI=1S/3C7H12O.H3O4P/c3*8-7-3-1-6(5-7)2-4-7;1-5(2,3)4/h3*6,8H,1-5H2;(H3,1,2,3,4). The van der Waals surface area contributed by atoms with Gasteiger partial charge in [-0.3, -0.25) is 0 Å². The van der Waals surface area contributed by atoms with Crippen molar-refractivity contribution in [1.82, 2.24) is 0 Å². The molecule has 0 aromatic carbocycles. The van der Waals surface area contributed by atoms with Gasteiger partial charge in [0.05, 0.1) is 16.8 Å². The van der Waals surface area contributed by atoms with Gasteiger partial charge in [0.25, 0.3) is 0 Å². The van der Waals surface area contributed by atoms with E-state index < -0.39 is 7.82 Å². The summed E-state index contributed by atoms with van der Waals surface area (Å²) in [4.78, 5) is 21.6. The lowest BCUT2D eigenvalue weighted by Crippen LogP contribution is -2.20. The van der Waals surface area contributed by atoms with Gasteiger partial charge in [-0.05, 0) is 114 Å². The summed E-state index contributed by atoms with van der Waals surface area (Å²) >= 11 is 0. The molecule has 0 spiro atoms. The first-order valence-electron chi connectivity index (χ1n) is 11.3. The first kappa shape index (κ1) is 23.6. The second-order valence-electron chi connectivity index (χ2n) is 10.6. The molecule has 0 saturated heterocycles. The molecule has 8 heteroatoms. The highest BCUT2D eigenvalue weighted by molar-refractivity contribution is 7.45. The smallest absolute Gasteiger partial charge is 0.390 e. The highest BCUT2D eigenvalue weighted by atomic mass is 31.2. The summed E-state index contributed by atoms with van der Waals surface area (Å²) in [6.45, 7) is 0. The fourth-order valence-electron chi connectivity index (χ4n) is 6.48. The predicted molar refractivity (Wildman–Crippen MR) is 109 cm³/mol. The van der Waals surface area contributed by atoms with Crippen LogP contribution in [0.4, 0.5) is 0 Å². The average molecular weight is 435 g/mol. The van der Waals surface area contributed by atoms with Crippen LogP contribution in [0.5, 0.6) is 0 Å². The summed E-state index contributed by atoms with van der Waals surface area (Å²) < 4.78 is 8.88. The van der Waals surface area contributed by atoms with Crippen molar-refractivity contribution in [2.75, 3.05) is 0 Å². The molecule has 0 aromatic heterocycles. The van der Waals surface area contributed by atoms with Crippen molar-refractivity contribution in [3.05, 3.63) is 0 Å². The van der Waals surface area contributed by atoms with E-state index in [0.29, 0.717) is 0 Å². The molecule has 6 fully saturated rings. The molecule has 7 nitrogen and oxygen atoms in total. The van der Waals surface area contributed by atoms with Gasteiger partial charge in [0, 0.05) is 0 Å². The van der Waals surface area contributed by atoms with Gasteiger partial charge in [-0.1, -0.05) is 0 Å². The van der Waals surface area contributed by atoms with Crippen LogP contribution in [0.1, 0.15) is 96.3 Å². The number of hydrogen-bond acceptors (Lipinski definition) is 4. The molecule has 0 unspecified atom stereocenters. The fraction of sp³-hybridized carbons (Fsp3) is 1.00. The van der Waals surface area contributed by atoms with Gasteiger partial charge in [0.2, 0.25) is 0 Å². The third-order valence-corrected chi connectivity index (χ3v) is 8.11. The molecule has 0 aromatic rings. The molecule has 0 amide bonds. The Kier molecular flexibility index (Phi) is 7.22. The van der Waals surface area contributed by atoms with Crippen molar-refractivity contribution in [3.8, 4) is 0 Å². The van der Waals surface area contributed by atoms with Crippen LogP contribution in [0.25, 0.3) is 0 Å². The zero-order chi connectivity index (χ0) is 21.3. The van der Waals surface area contributed by atoms with Gasteiger partial charge in [0.15, 0.2) is 0 Å². The van der Waals surface area contributed by atoms with Crippen molar-refractivity contribution in [3.63, 3.8) is 0 Å². The van der Waals surface area contributed by atoms with Crippen LogP contribution >= 0.6 is 7.82 Å². The summed E-state index contributed by atoms with van der Waals surface area (Å²) in [7, 11) is -4.64. The molecule has 0 aliphatic heterocycles. The zero-order valence-corrected chi connectivity index (χ0v) is 18.3. The lowest BCUT2D eigenvalue weighted by Gasteiger charge is -2.17. The SMILES string of the molecule is O=P(O)(O)O.OC12CCC(CC1)C2.OC12CCC(CC1)C2.OC12CCC(CC1)C2. The molecule has 6 bridgehead atoms. The van der Waals surface area contributed by atoms with Crippen LogP contribution in [0.3, 0.4) is 0 Å². The molecule has 6 N–H and O–H groups in total. The van der Waals surface area contributed by atoms with E-state index in [2.05, 4.69) is 0 Å². The molecule has 29 heavy (non-hydrogen) atoms. The van der Waals surface area contributed by atoms with Gasteiger partial charge >= 0.3 is 7.82 Å². The van der Waals surface area contributed by atoms with Crippen LogP contribution < -0.4 is 0 Å². The van der Waals surface area contributed by atoms with E-state index in [1.54, 1.807) is 0 Å². The number of aliphatic hydroxyl groups is 3. The number of hydrogen-bond donors (Lipinski definition) is 6. The van der Waals surface area contributed by atoms with Crippen molar-refractivity contribution in [2.45, 2.75) is 113 Å². The second-order valence-corrected chi connectivity index (χ2v) is 11.7. The fourth-order valence-corrected chi connectivity index (χ4v) is 6.48. The first-order chi connectivity index (χ1) is 13.4. The maximum Gasteiger partial charge on any atom is 0.466 e. The number of rotatable bonds is 0. The van der Waals surface area contributed by atoms with Gasteiger partial charge in [-0.2, -0.15) is 0 Å². The predicted octanol–water partition coefficient (Wildman–Crippen LogP) is 3.01. The van der Waals surface area contributed by atoms with E-state index in [9.17, 15) is 15.3 Å². The Morgan fingerprint density at radius 2 is 0.690 bits per heavy atom. The van der Waals surface area contributed by atoms with E-state index in [0.717, 1.165) is 75.5 Å². The minimum absolute atomic E-state index is 0.190. The molecular weight excluding hydrogens is 395 g/mol. The third-order valence-electron chi connectivity index (χ3n) is 8.11. The van der Waals surface area contributed by atoms with Crippen molar-refractivity contribution < 1.29 is 34.6 Å². The Hall–Kier alpha value is -0.0100. The Bertz CT molecular complexity index is 505. The highest BCUT2D eigenvalue weighted by Crippen LogP contribution is 2.48.